The monoisotopic (exact) mass is 418 g/mol. The van der Waals surface area contributed by atoms with Gasteiger partial charge in [-0.25, -0.2) is 4.79 Å². The first-order valence-electron chi connectivity index (χ1n) is 8.65. The van der Waals surface area contributed by atoms with Gasteiger partial charge in [-0.1, -0.05) is 0 Å². The number of hydrogen-bond acceptors (Lipinski definition) is 11. The summed E-state index contributed by atoms with van der Waals surface area (Å²) in [6, 6.07) is 0. The number of esters is 5. The summed E-state index contributed by atoms with van der Waals surface area (Å²) in [5.41, 5.74) is 0. The smallest absolute Gasteiger partial charge is 0.330 e. The third kappa shape index (κ3) is 11.5. The Bertz CT molecular complexity index is 625. The Morgan fingerprint density at radius 1 is 0.793 bits per heavy atom. The highest BCUT2D eigenvalue weighted by Crippen LogP contribution is 2.19. The number of aliphatic hydroxyl groups excluding tert-OH is 1. The number of carbonyl (C=O) groups excluding carboxylic acids is 5. The highest BCUT2D eigenvalue weighted by molar-refractivity contribution is 5.82. The molecule has 0 aromatic rings. The quantitative estimate of drug-likeness (QED) is 0.270. The highest BCUT2D eigenvalue weighted by atomic mass is 16.6. The Morgan fingerprint density at radius 2 is 1.31 bits per heavy atom. The molecule has 0 unspecified atom stereocenters. The first-order chi connectivity index (χ1) is 13.5. The van der Waals surface area contributed by atoms with Crippen LogP contribution in [0.3, 0.4) is 0 Å². The zero-order chi connectivity index (χ0) is 22.6. The van der Waals surface area contributed by atoms with Crippen LogP contribution in [0.2, 0.25) is 0 Å². The van der Waals surface area contributed by atoms with Crippen LogP contribution >= 0.6 is 0 Å². The van der Waals surface area contributed by atoms with Gasteiger partial charge >= 0.3 is 29.8 Å². The van der Waals surface area contributed by atoms with E-state index in [0.717, 1.165) is 39.8 Å². The van der Waals surface area contributed by atoms with Crippen LogP contribution in [-0.4, -0.2) is 72.6 Å². The molecule has 0 bridgehead atoms. The van der Waals surface area contributed by atoms with Gasteiger partial charge in [0, 0.05) is 33.8 Å². The molecule has 0 spiro atoms. The van der Waals surface area contributed by atoms with Gasteiger partial charge in [0.15, 0.2) is 18.3 Å². The van der Waals surface area contributed by atoms with E-state index in [1.807, 2.05) is 0 Å². The molecule has 0 aromatic carbocycles. The minimum Gasteiger partial charge on any atom is -0.463 e. The average molecular weight is 418 g/mol. The van der Waals surface area contributed by atoms with Crippen LogP contribution in [0.25, 0.3) is 0 Å². The summed E-state index contributed by atoms with van der Waals surface area (Å²) in [6.45, 7) is 5.30. The van der Waals surface area contributed by atoms with Gasteiger partial charge in [0.25, 0.3) is 0 Å². The van der Waals surface area contributed by atoms with Crippen molar-refractivity contribution in [3.05, 3.63) is 12.2 Å². The molecule has 29 heavy (non-hydrogen) atoms. The van der Waals surface area contributed by atoms with Gasteiger partial charge in [-0.05, 0) is 13.0 Å². The fourth-order valence-electron chi connectivity index (χ4n) is 2.14. The number of ether oxygens (including phenoxy) is 5. The van der Waals surface area contributed by atoms with Gasteiger partial charge < -0.3 is 28.8 Å². The SMILES string of the molecule is CCOC(=O)/C=C/[C@H](OC(C)=O)[C@@H](OC(C)=O)[C@H](OC(C)=O)[C@H](O)COC(C)=O. The summed E-state index contributed by atoms with van der Waals surface area (Å²) in [5, 5.41) is 10.3. The maximum Gasteiger partial charge on any atom is 0.330 e. The Hall–Kier alpha value is -2.95. The number of rotatable bonds is 11. The molecule has 0 fully saturated rings. The third-order valence-electron chi connectivity index (χ3n) is 3.10. The zero-order valence-electron chi connectivity index (χ0n) is 16.9. The minimum absolute atomic E-state index is 0.0892. The molecule has 0 heterocycles. The lowest BCUT2D eigenvalue weighted by atomic mass is 10.0. The number of aliphatic hydroxyl groups is 1. The predicted octanol–water partition coefficient (Wildman–Crippen LogP) is -0.175. The molecule has 1 N–H and O–H groups in total. The molecule has 0 amide bonds. The van der Waals surface area contributed by atoms with E-state index in [1.54, 1.807) is 6.92 Å². The molecule has 4 atom stereocenters. The van der Waals surface area contributed by atoms with E-state index in [1.165, 1.54) is 0 Å². The summed E-state index contributed by atoms with van der Waals surface area (Å²) < 4.78 is 24.6. The zero-order valence-corrected chi connectivity index (χ0v) is 16.9. The van der Waals surface area contributed by atoms with Crippen molar-refractivity contribution in [2.45, 2.75) is 59.0 Å². The van der Waals surface area contributed by atoms with Crippen molar-refractivity contribution in [3.8, 4) is 0 Å². The van der Waals surface area contributed by atoms with Crippen LogP contribution in [-0.2, 0) is 47.7 Å². The number of carbonyl (C=O) groups is 5. The third-order valence-corrected chi connectivity index (χ3v) is 3.10. The second-order valence-corrected chi connectivity index (χ2v) is 5.70. The van der Waals surface area contributed by atoms with Crippen LogP contribution in [0.5, 0.6) is 0 Å². The van der Waals surface area contributed by atoms with Gasteiger partial charge in [0.05, 0.1) is 6.61 Å². The van der Waals surface area contributed by atoms with Crippen LogP contribution in [0.15, 0.2) is 12.2 Å². The molecular weight excluding hydrogens is 392 g/mol. The Labute approximate surface area is 167 Å². The minimum atomic E-state index is -1.64. The fourth-order valence-corrected chi connectivity index (χ4v) is 2.14. The fraction of sp³-hybridized carbons (Fsp3) is 0.611. The van der Waals surface area contributed by atoms with Crippen molar-refractivity contribution in [1.29, 1.82) is 0 Å². The van der Waals surface area contributed by atoms with Gasteiger partial charge in [-0.15, -0.1) is 0 Å². The second kappa shape index (κ2) is 13.3. The van der Waals surface area contributed by atoms with Crippen molar-refractivity contribution in [2.24, 2.45) is 0 Å². The summed E-state index contributed by atoms with van der Waals surface area (Å²) in [4.78, 5) is 57.2. The largest absolute Gasteiger partial charge is 0.463 e. The van der Waals surface area contributed by atoms with Crippen LogP contribution in [0, 0.1) is 0 Å². The average Bonchev–Trinajstić information content (AvgIpc) is 2.59. The topological polar surface area (TPSA) is 152 Å². The van der Waals surface area contributed by atoms with Gasteiger partial charge in [0.1, 0.15) is 12.7 Å². The molecule has 0 aliphatic heterocycles. The van der Waals surface area contributed by atoms with E-state index in [9.17, 15) is 29.1 Å². The van der Waals surface area contributed by atoms with Crippen LogP contribution in [0.1, 0.15) is 34.6 Å². The molecule has 0 aliphatic carbocycles. The van der Waals surface area contributed by atoms with E-state index < -0.39 is 60.9 Å². The summed E-state index contributed by atoms with van der Waals surface area (Å²) in [7, 11) is 0. The summed E-state index contributed by atoms with van der Waals surface area (Å²) >= 11 is 0. The van der Waals surface area contributed by atoms with Crippen molar-refractivity contribution in [2.75, 3.05) is 13.2 Å². The highest BCUT2D eigenvalue weighted by Gasteiger charge is 2.40. The Balaban J connectivity index is 5.96. The Kier molecular flexibility index (Phi) is 11.9. The second-order valence-electron chi connectivity index (χ2n) is 5.70. The predicted molar refractivity (Wildman–Crippen MR) is 95.1 cm³/mol. The van der Waals surface area contributed by atoms with E-state index in [-0.39, 0.29) is 6.61 Å². The van der Waals surface area contributed by atoms with Gasteiger partial charge in [-0.2, -0.15) is 0 Å². The molecule has 11 heteroatoms. The Morgan fingerprint density at radius 3 is 1.76 bits per heavy atom. The summed E-state index contributed by atoms with van der Waals surface area (Å²) in [5.74, 6) is -4.00. The molecule has 164 valence electrons. The van der Waals surface area contributed by atoms with Crippen LogP contribution in [0.4, 0.5) is 0 Å². The standard InChI is InChI=1S/C18H26O11/c1-6-25-16(24)8-7-15(27-11(3)20)18(29-13(5)22)17(28-12(4)21)14(23)9-26-10(2)19/h7-8,14-15,17-18,23H,6,9H2,1-5H3/b8-7+/t14-,15+,17-,18-/m1/s1. The van der Waals surface area contributed by atoms with Crippen molar-refractivity contribution < 1.29 is 52.8 Å². The van der Waals surface area contributed by atoms with Gasteiger partial charge in [0.2, 0.25) is 0 Å². The molecule has 0 saturated heterocycles. The van der Waals surface area contributed by atoms with Crippen LogP contribution < -0.4 is 0 Å². The lowest BCUT2D eigenvalue weighted by Gasteiger charge is -2.32. The molecule has 0 aromatic heterocycles. The molecule has 11 nitrogen and oxygen atoms in total. The first kappa shape index (κ1) is 26.1. The van der Waals surface area contributed by atoms with E-state index in [2.05, 4.69) is 0 Å². The maximum absolute atomic E-state index is 11.6. The summed E-state index contributed by atoms with van der Waals surface area (Å²) in [6.07, 6.45) is -4.24. The van der Waals surface area contributed by atoms with Crippen molar-refractivity contribution in [1.82, 2.24) is 0 Å². The lowest BCUT2D eigenvalue weighted by molar-refractivity contribution is -0.192. The molecule has 0 rings (SSSR count). The first-order valence-corrected chi connectivity index (χ1v) is 8.65. The van der Waals surface area contributed by atoms with E-state index >= 15 is 0 Å². The maximum atomic E-state index is 11.6. The lowest BCUT2D eigenvalue weighted by Crippen LogP contribution is -2.51. The molecule has 0 saturated carbocycles. The van der Waals surface area contributed by atoms with Crippen molar-refractivity contribution >= 4 is 29.8 Å². The van der Waals surface area contributed by atoms with E-state index in [0.29, 0.717) is 0 Å². The van der Waals surface area contributed by atoms with Gasteiger partial charge in [-0.3, -0.25) is 19.2 Å². The molecular formula is C18H26O11. The van der Waals surface area contributed by atoms with Crippen molar-refractivity contribution in [3.63, 3.8) is 0 Å². The van der Waals surface area contributed by atoms with E-state index in [4.69, 9.17) is 23.7 Å². The molecule has 0 aliphatic rings. The number of hydrogen-bond donors (Lipinski definition) is 1. The normalized spacial score (nSPS) is 14.8. The molecule has 0 radical (unpaired) electrons.